The maximum absolute atomic E-state index is 12.9. The largest absolute Gasteiger partial charge is 0.462 e. The Balaban J connectivity index is 4.32. The second kappa shape index (κ2) is 57.2. The van der Waals surface area contributed by atoms with Gasteiger partial charge in [-0.25, -0.2) is 0 Å². The molecule has 0 heterocycles. The summed E-state index contributed by atoms with van der Waals surface area (Å²) in [6.07, 6.45) is 68.5. The highest BCUT2D eigenvalue weighted by molar-refractivity contribution is 5.71. The van der Waals surface area contributed by atoms with Crippen LogP contribution in [0.3, 0.4) is 0 Å². The van der Waals surface area contributed by atoms with E-state index in [4.69, 9.17) is 14.2 Å². The van der Waals surface area contributed by atoms with E-state index < -0.39 is 6.10 Å². The van der Waals surface area contributed by atoms with Gasteiger partial charge in [-0.15, -0.1) is 0 Å². The van der Waals surface area contributed by atoms with Crippen molar-refractivity contribution in [3.8, 4) is 0 Å². The van der Waals surface area contributed by atoms with Gasteiger partial charge in [0, 0.05) is 19.3 Å². The first-order valence-corrected chi connectivity index (χ1v) is 30.0. The average molecular weight is 956 g/mol. The topological polar surface area (TPSA) is 78.9 Å². The van der Waals surface area contributed by atoms with Crippen molar-refractivity contribution in [2.24, 2.45) is 0 Å². The summed E-state index contributed by atoms with van der Waals surface area (Å²) in [4.78, 5) is 38.2. The molecule has 0 saturated heterocycles. The molecule has 0 spiro atoms. The lowest BCUT2D eigenvalue weighted by atomic mass is 10.0. The molecule has 0 aromatic carbocycles. The number of hydrogen-bond donors (Lipinski definition) is 0. The predicted molar refractivity (Wildman–Crippen MR) is 293 cm³/mol. The molecule has 0 N–H and O–H groups in total. The normalized spacial score (nSPS) is 12.2. The Morgan fingerprint density at radius 1 is 0.294 bits per heavy atom. The molecule has 0 amide bonds. The van der Waals surface area contributed by atoms with E-state index in [0.29, 0.717) is 19.3 Å². The highest BCUT2D eigenvalue weighted by Crippen LogP contribution is 2.16. The standard InChI is InChI=1S/C62H114O6/c1-4-7-10-13-16-19-22-25-28-29-30-31-32-33-35-37-40-43-46-49-52-55-61(64)67-58-59(57-66-60(63)54-51-48-45-42-39-36-27-24-21-18-15-12-9-6-3)68-62(65)56-53-50-47-44-41-38-34-26-23-20-17-14-11-8-5-2/h22,24-25,27,29-30,59H,4-21,23,26,28,31-58H2,1-3H3/b25-22-,27-24-,30-29-. The molecule has 0 saturated carbocycles. The first kappa shape index (κ1) is 65.6. The van der Waals surface area contributed by atoms with E-state index in [0.717, 1.165) is 70.6 Å². The van der Waals surface area contributed by atoms with E-state index in [9.17, 15) is 14.4 Å². The number of carbonyl (C=O) groups is 3. The van der Waals surface area contributed by atoms with E-state index in [1.54, 1.807) is 0 Å². The van der Waals surface area contributed by atoms with Crippen LogP contribution in [-0.2, 0) is 28.6 Å². The molecule has 0 aliphatic rings. The van der Waals surface area contributed by atoms with Crippen LogP contribution < -0.4 is 0 Å². The predicted octanol–water partition coefficient (Wildman–Crippen LogP) is 20.0. The summed E-state index contributed by atoms with van der Waals surface area (Å²) >= 11 is 0. The van der Waals surface area contributed by atoms with E-state index in [-0.39, 0.29) is 31.1 Å². The smallest absolute Gasteiger partial charge is 0.306 e. The molecule has 6 nitrogen and oxygen atoms in total. The first-order valence-electron chi connectivity index (χ1n) is 30.0. The number of rotatable bonds is 55. The van der Waals surface area contributed by atoms with Crippen molar-refractivity contribution >= 4 is 17.9 Å². The summed E-state index contributed by atoms with van der Waals surface area (Å²) in [6, 6.07) is 0. The maximum atomic E-state index is 12.9. The highest BCUT2D eigenvalue weighted by atomic mass is 16.6. The Kier molecular flexibility index (Phi) is 55.2. The van der Waals surface area contributed by atoms with E-state index in [1.807, 2.05) is 0 Å². The third-order valence-corrected chi connectivity index (χ3v) is 13.4. The van der Waals surface area contributed by atoms with Gasteiger partial charge < -0.3 is 14.2 Å². The fourth-order valence-corrected chi connectivity index (χ4v) is 8.82. The Labute approximate surface area is 423 Å². The van der Waals surface area contributed by atoms with Crippen LogP contribution in [0.15, 0.2) is 36.5 Å². The molecular weight excluding hydrogens is 841 g/mol. The molecule has 1 atom stereocenters. The second-order valence-corrected chi connectivity index (χ2v) is 20.3. The molecule has 0 aliphatic heterocycles. The van der Waals surface area contributed by atoms with Crippen LogP contribution in [0.2, 0.25) is 0 Å². The number of carbonyl (C=O) groups excluding carboxylic acids is 3. The van der Waals surface area contributed by atoms with Crippen molar-refractivity contribution in [2.75, 3.05) is 13.2 Å². The van der Waals surface area contributed by atoms with Crippen molar-refractivity contribution in [1.82, 2.24) is 0 Å². The monoisotopic (exact) mass is 955 g/mol. The Morgan fingerprint density at radius 2 is 0.529 bits per heavy atom. The minimum atomic E-state index is -0.774. The summed E-state index contributed by atoms with van der Waals surface area (Å²) in [5, 5.41) is 0. The summed E-state index contributed by atoms with van der Waals surface area (Å²) in [5.74, 6) is -0.866. The van der Waals surface area contributed by atoms with Crippen LogP contribution in [0, 0.1) is 0 Å². The maximum Gasteiger partial charge on any atom is 0.306 e. The van der Waals surface area contributed by atoms with Gasteiger partial charge in [0.15, 0.2) is 6.10 Å². The van der Waals surface area contributed by atoms with E-state index >= 15 is 0 Å². The fourth-order valence-electron chi connectivity index (χ4n) is 8.82. The fraction of sp³-hybridized carbons (Fsp3) is 0.855. The van der Waals surface area contributed by atoms with Crippen LogP contribution in [0.4, 0.5) is 0 Å². The van der Waals surface area contributed by atoms with E-state index in [1.165, 1.54) is 212 Å². The SMILES string of the molecule is CCCCCCC/C=C\C/C=C\CCCCCCCCCCCC(=O)OCC(COC(=O)CCCCCCC/C=C\CCCCCCC)OC(=O)CCCCCCCCCCCCCCCCC. The minimum Gasteiger partial charge on any atom is -0.462 e. The first-order chi connectivity index (χ1) is 33.5. The van der Waals surface area contributed by atoms with Gasteiger partial charge in [-0.1, -0.05) is 263 Å². The second-order valence-electron chi connectivity index (χ2n) is 20.3. The average Bonchev–Trinajstić information content (AvgIpc) is 3.34. The zero-order chi connectivity index (χ0) is 49.3. The molecule has 0 rings (SSSR count). The Hall–Kier alpha value is -2.37. The van der Waals surface area contributed by atoms with E-state index in [2.05, 4.69) is 57.2 Å². The van der Waals surface area contributed by atoms with Crippen LogP contribution in [0.1, 0.15) is 323 Å². The van der Waals surface area contributed by atoms with Gasteiger partial charge in [0.1, 0.15) is 13.2 Å². The number of allylic oxidation sites excluding steroid dienone is 6. The molecule has 1 unspecified atom stereocenters. The molecule has 0 radical (unpaired) electrons. The van der Waals surface area contributed by atoms with Crippen LogP contribution in [0.5, 0.6) is 0 Å². The lowest BCUT2D eigenvalue weighted by Crippen LogP contribution is -2.30. The van der Waals surface area contributed by atoms with Crippen LogP contribution in [0.25, 0.3) is 0 Å². The number of hydrogen-bond acceptors (Lipinski definition) is 6. The third-order valence-electron chi connectivity index (χ3n) is 13.4. The summed E-state index contributed by atoms with van der Waals surface area (Å²) < 4.78 is 16.9. The lowest BCUT2D eigenvalue weighted by molar-refractivity contribution is -0.167. The van der Waals surface area contributed by atoms with Crippen molar-refractivity contribution in [3.05, 3.63) is 36.5 Å². The van der Waals surface area contributed by atoms with Crippen molar-refractivity contribution < 1.29 is 28.6 Å². The zero-order valence-electron chi connectivity index (χ0n) is 45.6. The van der Waals surface area contributed by atoms with Gasteiger partial charge in [-0.2, -0.15) is 0 Å². The Bertz CT molecular complexity index is 1140. The van der Waals surface area contributed by atoms with Gasteiger partial charge in [0.2, 0.25) is 0 Å². The molecule has 68 heavy (non-hydrogen) atoms. The molecule has 398 valence electrons. The van der Waals surface area contributed by atoms with Crippen LogP contribution in [-0.4, -0.2) is 37.2 Å². The molecule has 0 aliphatic carbocycles. The molecule has 0 fully saturated rings. The zero-order valence-corrected chi connectivity index (χ0v) is 45.6. The summed E-state index contributed by atoms with van der Waals surface area (Å²) in [7, 11) is 0. The van der Waals surface area contributed by atoms with Gasteiger partial charge in [-0.05, 0) is 77.0 Å². The summed E-state index contributed by atoms with van der Waals surface area (Å²) in [5.41, 5.74) is 0. The number of ether oxygens (including phenoxy) is 3. The molecule has 0 bridgehead atoms. The van der Waals surface area contributed by atoms with Gasteiger partial charge in [0.05, 0.1) is 0 Å². The Morgan fingerprint density at radius 3 is 0.824 bits per heavy atom. The minimum absolute atomic E-state index is 0.0733. The van der Waals surface area contributed by atoms with Crippen molar-refractivity contribution in [2.45, 2.75) is 329 Å². The number of unbranched alkanes of at least 4 members (excludes halogenated alkanes) is 38. The molecule has 0 aromatic rings. The number of esters is 3. The van der Waals surface area contributed by atoms with Gasteiger partial charge in [-0.3, -0.25) is 14.4 Å². The van der Waals surface area contributed by atoms with Crippen LogP contribution >= 0.6 is 0 Å². The highest BCUT2D eigenvalue weighted by Gasteiger charge is 2.19. The lowest BCUT2D eigenvalue weighted by Gasteiger charge is -2.18. The van der Waals surface area contributed by atoms with Crippen molar-refractivity contribution in [3.63, 3.8) is 0 Å². The van der Waals surface area contributed by atoms with Gasteiger partial charge >= 0.3 is 17.9 Å². The van der Waals surface area contributed by atoms with Gasteiger partial charge in [0.25, 0.3) is 0 Å². The molecule has 6 heteroatoms. The summed E-state index contributed by atoms with van der Waals surface area (Å²) in [6.45, 7) is 6.65. The quantitative estimate of drug-likeness (QED) is 0.0262. The molecular formula is C62H114O6. The molecule has 0 aromatic heterocycles. The van der Waals surface area contributed by atoms with Crippen molar-refractivity contribution in [1.29, 1.82) is 0 Å². The third kappa shape index (κ3) is 54.6.